The van der Waals surface area contributed by atoms with Gasteiger partial charge in [-0.3, -0.25) is 24.2 Å². The van der Waals surface area contributed by atoms with Crippen LogP contribution in [0.15, 0.2) is 43.4 Å². The van der Waals surface area contributed by atoms with E-state index in [1.807, 2.05) is 6.92 Å². The number of carbonyl (C=O) groups excluding carboxylic acids is 2. The number of carbonyl (C=O) groups is 2. The van der Waals surface area contributed by atoms with Crippen molar-refractivity contribution in [3.05, 3.63) is 54.6 Å². The smallest absolute Gasteiger partial charge is 0.275 e. The Bertz CT molecular complexity index is 1070. The van der Waals surface area contributed by atoms with Gasteiger partial charge in [-0.2, -0.15) is 5.10 Å². The lowest BCUT2D eigenvalue weighted by Gasteiger charge is -2.17. The minimum atomic E-state index is -0.355. The van der Waals surface area contributed by atoms with E-state index in [0.29, 0.717) is 24.1 Å². The van der Waals surface area contributed by atoms with Crippen LogP contribution in [0, 0.1) is 11.8 Å². The van der Waals surface area contributed by atoms with Crippen LogP contribution >= 0.6 is 0 Å². The molecule has 1 N–H and O–H groups in total. The predicted octanol–water partition coefficient (Wildman–Crippen LogP) is 1.31. The normalized spacial score (nSPS) is 21.0. The van der Waals surface area contributed by atoms with Crippen LogP contribution in [0.5, 0.6) is 0 Å². The first-order valence-corrected chi connectivity index (χ1v) is 9.35. The molecule has 1 saturated heterocycles. The zero-order valence-corrected chi connectivity index (χ0v) is 15.6. The summed E-state index contributed by atoms with van der Waals surface area (Å²) in [5, 5.41) is 7.06. The Hall–Kier alpha value is -3.69. The van der Waals surface area contributed by atoms with E-state index in [9.17, 15) is 9.59 Å². The molecule has 0 aromatic carbocycles. The van der Waals surface area contributed by atoms with Crippen LogP contribution in [-0.2, 0) is 4.79 Å². The molecular weight excluding hydrogens is 372 g/mol. The van der Waals surface area contributed by atoms with Crippen LogP contribution < -0.4 is 10.2 Å². The molecular formula is C19H18N8O2. The molecule has 146 valence electrons. The van der Waals surface area contributed by atoms with Crippen molar-refractivity contribution < 1.29 is 9.59 Å². The van der Waals surface area contributed by atoms with Gasteiger partial charge in [0.2, 0.25) is 11.9 Å². The van der Waals surface area contributed by atoms with E-state index < -0.39 is 0 Å². The molecule has 10 nitrogen and oxygen atoms in total. The van der Waals surface area contributed by atoms with E-state index in [1.54, 1.807) is 34.4 Å². The molecule has 1 aliphatic carbocycles. The molecule has 0 radical (unpaired) electrons. The summed E-state index contributed by atoms with van der Waals surface area (Å²) in [5.74, 6) is 0.884. The number of amides is 2. The molecule has 3 atom stereocenters. The summed E-state index contributed by atoms with van der Waals surface area (Å²) in [7, 11) is 0. The van der Waals surface area contributed by atoms with Crippen LogP contribution in [0.2, 0.25) is 0 Å². The minimum absolute atomic E-state index is 0.131. The summed E-state index contributed by atoms with van der Waals surface area (Å²) >= 11 is 0. The Balaban J connectivity index is 1.27. The maximum Gasteiger partial charge on any atom is 0.275 e. The third-order valence-electron chi connectivity index (χ3n) is 5.36. The molecule has 2 fully saturated rings. The molecule has 0 spiro atoms. The molecule has 4 heterocycles. The van der Waals surface area contributed by atoms with Crippen LogP contribution in [0.3, 0.4) is 0 Å². The van der Waals surface area contributed by atoms with Gasteiger partial charge in [0, 0.05) is 49.0 Å². The molecule has 10 heteroatoms. The summed E-state index contributed by atoms with van der Waals surface area (Å²) in [4.78, 5) is 42.6. The van der Waals surface area contributed by atoms with E-state index in [4.69, 9.17) is 0 Å². The molecule has 0 bridgehead atoms. The zero-order chi connectivity index (χ0) is 20.0. The monoisotopic (exact) mass is 390 g/mol. The number of rotatable bonds is 5. The minimum Gasteiger partial charge on any atom is -0.318 e. The molecule has 2 amide bonds. The summed E-state index contributed by atoms with van der Waals surface area (Å²) < 4.78 is 1.71. The molecule has 3 aromatic heterocycles. The van der Waals surface area contributed by atoms with E-state index in [0.717, 1.165) is 12.0 Å². The van der Waals surface area contributed by atoms with E-state index in [-0.39, 0.29) is 29.5 Å². The number of anilines is 2. The number of hydrogen-bond donors (Lipinski definition) is 1. The van der Waals surface area contributed by atoms with Crippen LogP contribution in [-0.4, -0.2) is 48.1 Å². The fourth-order valence-corrected chi connectivity index (χ4v) is 3.52. The molecule has 29 heavy (non-hydrogen) atoms. The SMILES string of the molecule is C[C@@H](c1cnc(N2C[C@H]3C[C@H]3C2=O)nc1)n1cc(NC(=O)c2cnccn2)cn1. The molecule has 0 unspecified atom stereocenters. The second kappa shape index (κ2) is 6.73. The number of nitrogens with one attached hydrogen (secondary N) is 1. The van der Waals surface area contributed by atoms with Crippen molar-refractivity contribution in [1.82, 2.24) is 29.7 Å². The lowest BCUT2D eigenvalue weighted by atomic mass is 10.2. The standard InChI is InChI=1S/C19H18N8O2/c1-11(13-5-22-19(23-6-13)26-9-12-4-15(12)18(26)29)27-10-14(7-24-27)25-17(28)16-8-20-2-3-21-16/h2-3,5-8,10-12,15H,4,9H2,1H3,(H,25,28)/t11-,12+,15+/m0/s1. The summed E-state index contributed by atoms with van der Waals surface area (Å²) in [6.45, 7) is 2.67. The Kier molecular flexibility index (Phi) is 4.04. The van der Waals surface area contributed by atoms with E-state index in [2.05, 4.69) is 30.4 Å². The van der Waals surface area contributed by atoms with Gasteiger partial charge in [0.25, 0.3) is 5.91 Å². The largest absolute Gasteiger partial charge is 0.318 e. The Labute approximate surface area is 166 Å². The first-order chi connectivity index (χ1) is 14.1. The van der Waals surface area contributed by atoms with Gasteiger partial charge in [-0.05, 0) is 19.3 Å². The van der Waals surface area contributed by atoms with Crippen LogP contribution in [0.25, 0.3) is 0 Å². The Morgan fingerprint density at radius 3 is 2.69 bits per heavy atom. The molecule has 1 saturated carbocycles. The molecule has 1 aliphatic heterocycles. The zero-order valence-electron chi connectivity index (χ0n) is 15.6. The molecule has 2 aliphatic rings. The van der Waals surface area contributed by atoms with Crippen molar-refractivity contribution in [2.24, 2.45) is 11.8 Å². The average molecular weight is 390 g/mol. The number of hydrogen-bond acceptors (Lipinski definition) is 7. The third-order valence-corrected chi connectivity index (χ3v) is 5.36. The maximum atomic E-state index is 12.2. The first kappa shape index (κ1) is 17.4. The predicted molar refractivity (Wildman–Crippen MR) is 102 cm³/mol. The van der Waals surface area contributed by atoms with Gasteiger partial charge in [-0.15, -0.1) is 0 Å². The van der Waals surface area contributed by atoms with Gasteiger partial charge in [0.15, 0.2) is 0 Å². The van der Waals surface area contributed by atoms with Crippen molar-refractivity contribution in [2.75, 3.05) is 16.8 Å². The fraction of sp³-hybridized carbons (Fsp3) is 0.316. The van der Waals surface area contributed by atoms with Crippen LogP contribution in [0.4, 0.5) is 11.6 Å². The molecule has 3 aromatic rings. The quantitative estimate of drug-likeness (QED) is 0.697. The lowest BCUT2D eigenvalue weighted by Crippen LogP contribution is -2.29. The third kappa shape index (κ3) is 3.22. The van der Waals surface area contributed by atoms with Crippen molar-refractivity contribution in [1.29, 1.82) is 0 Å². The number of piperidine rings is 1. The Morgan fingerprint density at radius 1 is 1.17 bits per heavy atom. The Morgan fingerprint density at radius 2 is 2.00 bits per heavy atom. The first-order valence-electron chi connectivity index (χ1n) is 9.35. The molecule has 5 rings (SSSR count). The lowest BCUT2D eigenvalue weighted by molar-refractivity contribution is -0.118. The number of fused-ring (bicyclic) bond motifs is 1. The summed E-state index contributed by atoms with van der Waals surface area (Å²) in [5.41, 5.74) is 1.62. The topological polar surface area (TPSA) is 119 Å². The van der Waals surface area contributed by atoms with Crippen molar-refractivity contribution in [3.63, 3.8) is 0 Å². The van der Waals surface area contributed by atoms with Gasteiger partial charge in [0.1, 0.15) is 5.69 Å². The summed E-state index contributed by atoms with van der Waals surface area (Å²) in [6, 6.07) is -0.145. The highest BCUT2D eigenvalue weighted by Gasteiger charge is 2.53. The van der Waals surface area contributed by atoms with Gasteiger partial charge in [-0.1, -0.05) is 0 Å². The highest BCUT2D eigenvalue weighted by atomic mass is 16.2. The summed E-state index contributed by atoms with van der Waals surface area (Å²) in [6.07, 6.45) is 12.1. The van der Waals surface area contributed by atoms with Crippen molar-refractivity contribution in [2.45, 2.75) is 19.4 Å². The second-order valence-electron chi connectivity index (χ2n) is 7.30. The van der Waals surface area contributed by atoms with Gasteiger partial charge < -0.3 is 5.32 Å². The van der Waals surface area contributed by atoms with Gasteiger partial charge in [0.05, 0.1) is 24.1 Å². The number of aromatic nitrogens is 6. The van der Waals surface area contributed by atoms with E-state index >= 15 is 0 Å². The highest BCUT2D eigenvalue weighted by Crippen LogP contribution is 2.46. The van der Waals surface area contributed by atoms with Gasteiger partial charge in [-0.25, -0.2) is 15.0 Å². The van der Waals surface area contributed by atoms with Gasteiger partial charge >= 0.3 is 0 Å². The van der Waals surface area contributed by atoms with Crippen molar-refractivity contribution >= 4 is 23.5 Å². The van der Waals surface area contributed by atoms with Crippen molar-refractivity contribution in [3.8, 4) is 0 Å². The highest BCUT2D eigenvalue weighted by molar-refractivity contribution is 6.02. The maximum absolute atomic E-state index is 12.2. The van der Waals surface area contributed by atoms with E-state index in [1.165, 1.54) is 18.6 Å². The fourth-order valence-electron chi connectivity index (χ4n) is 3.52. The average Bonchev–Trinajstić information content (AvgIpc) is 3.26. The number of nitrogens with zero attached hydrogens (tertiary/aromatic N) is 7. The second-order valence-corrected chi connectivity index (χ2v) is 7.30. The van der Waals surface area contributed by atoms with Crippen LogP contribution in [0.1, 0.15) is 35.4 Å².